The molecule has 0 aliphatic rings. The minimum atomic E-state index is 0.524. The number of aromatic nitrogens is 6. The van der Waals surface area contributed by atoms with E-state index in [0.29, 0.717) is 17.6 Å². The smallest absolute Gasteiger partial charge is 0.238 e. The maximum absolute atomic E-state index is 6.26. The highest BCUT2D eigenvalue weighted by atomic mass is 16.3. The molecule has 0 unspecified atom stereocenters. The van der Waals surface area contributed by atoms with Crippen molar-refractivity contribution >= 4 is 87.4 Å². The van der Waals surface area contributed by atoms with Crippen LogP contribution in [0.3, 0.4) is 0 Å². The Morgan fingerprint density at radius 2 is 0.844 bits per heavy atom. The summed E-state index contributed by atoms with van der Waals surface area (Å²) in [6.07, 6.45) is 0. The molecule has 5 aromatic heterocycles. The molecular weight excluding hydrogens is 785 g/mol. The van der Waals surface area contributed by atoms with Crippen LogP contribution in [-0.4, -0.2) is 28.7 Å². The molecule has 5 heterocycles. The Kier molecular flexibility index (Phi) is 7.27. The first-order valence-corrected chi connectivity index (χ1v) is 21.5. The number of rotatable bonds is 5. The maximum atomic E-state index is 6.26. The summed E-state index contributed by atoms with van der Waals surface area (Å²) in [5.74, 6) is 1.68. The lowest BCUT2D eigenvalue weighted by molar-refractivity contribution is 0.669. The zero-order valence-electron chi connectivity index (χ0n) is 34.2. The van der Waals surface area contributed by atoms with E-state index in [4.69, 9.17) is 19.4 Å². The summed E-state index contributed by atoms with van der Waals surface area (Å²) in [5.41, 5.74) is 12.0. The first kappa shape index (κ1) is 34.9. The highest BCUT2D eigenvalue weighted by Crippen LogP contribution is 2.46. The fourth-order valence-electron chi connectivity index (χ4n) is 10.2. The van der Waals surface area contributed by atoms with E-state index in [-0.39, 0.29) is 0 Å². The van der Waals surface area contributed by atoms with Gasteiger partial charge in [-0.05, 0) is 66.7 Å². The van der Waals surface area contributed by atoms with Crippen molar-refractivity contribution in [3.8, 4) is 40.1 Å². The molecule has 0 spiro atoms. The van der Waals surface area contributed by atoms with Gasteiger partial charge in [0, 0.05) is 59.9 Å². The molecule has 0 saturated carbocycles. The van der Waals surface area contributed by atoms with Crippen molar-refractivity contribution < 1.29 is 4.42 Å². The number of hydrogen-bond acceptors (Lipinski definition) is 4. The molecule has 14 rings (SSSR count). The number of para-hydroxylation sites is 6. The van der Waals surface area contributed by atoms with E-state index in [1.54, 1.807) is 0 Å². The van der Waals surface area contributed by atoms with E-state index in [9.17, 15) is 0 Å². The standard InChI is InChI=1S/C57H34N6O/c1-3-17-35(18-4-1)55-58-56(36-31-32-51-43(33-36)41-24-11-16-30-50(41)64-51)60-57(59-55)63-48-29-15-10-25-42(48)52-53-44(40-23-9-12-26-45(40)61(53)37-19-5-2-6-20-37)34-49(54(52)63)62-46-27-13-7-21-38(46)39-22-8-14-28-47(39)62/h1-34H. The normalized spacial score (nSPS) is 12.1. The summed E-state index contributed by atoms with van der Waals surface area (Å²) in [6, 6.07) is 72.6. The van der Waals surface area contributed by atoms with Crippen LogP contribution in [0, 0.1) is 0 Å². The minimum absolute atomic E-state index is 0.524. The third-order valence-electron chi connectivity index (χ3n) is 12.9. The molecule has 0 atom stereocenters. The van der Waals surface area contributed by atoms with Gasteiger partial charge in [0.2, 0.25) is 5.95 Å². The lowest BCUT2D eigenvalue weighted by Gasteiger charge is -2.16. The summed E-state index contributed by atoms with van der Waals surface area (Å²) in [5, 5.41) is 8.99. The highest BCUT2D eigenvalue weighted by molar-refractivity contribution is 6.28. The zero-order chi connectivity index (χ0) is 41.9. The molecule has 0 radical (unpaired) electrons. The average molecular weight is 819 g/mol. The quantitative estimate of drug-likeness (QED) is 0.173. The number of benzene rings is 9. The van der Waals surface area contributed by atoms with E-state index in [0.717, 1.165) is 93.7 Å². The van der Waals surface area contributed by atoms with Crippen LogP contribution >= 0.6 is 0 Å². The summed E-state index contributed by atoms with van der Waals surface area (Å²) >= 11 is 0. The third kappa shape index (κ3) is 4.94. The molecule has 0 saturated heterocycles. The zero-order valence-corrected chi connectivity index (χ0v) is 34.2. The van der Waals surface area contributed by atoms with Crippen LogP contribution in [0.25, 0.3) is 127 Å². The van der Waals surface area contributed by atoms with Gasteiger partial charge in [-0.15, -0.1) is 0 Å². The lowest BCUT2D eigenvalue weighted by atomic mass is 10.1. The number of hydrogen-bond donors (Lipinski definition) is 0. The van der Waals surface area contributed by atoms with Crippen molar-refractivity contribution in [2.24, 2.45) is 0 Å². The molecule has 14 aromatic rings. The second-order valence-corrected chi connectivity index (χ2v) is 16.4. The van der Waals surface area contributed by atoms with Gasteiger partial charge in [0.25, 0.3) is 0 Å². The molecule has 9 aromatic carbocycles. The van der Waals surface area contributed by atoms with Gasteiger partial charge in [-0.25, -0.2) is 4.98 Å². The molecule has 0 N–H and O–H groups in total. The minimum Gasteiger partial charge on any atom is -0.456 e. The number of nitrogens with zero attached hydrogens (tertiary/aromatic N) is 6. The molecule has 7 heteroatoms. The van der Waals surface area contributed by atoms with Crippen LogP contribution in [0.1, 0.15) is 0 Å². The molecule has 64 heavy (non-hydrogen) atoms. The predicted molar refractivity (Wildman–Crippen MR) is 261 cm³/mol. The average Bonchev–Trinajstić information content (AvgIpc) is 4.11. The first-order valence-electron chi connectivity index (χ1n) is 21.5. The number of fused-ring (bicyclic) bond motifs is 13. The summed E-state index contributed by atoms with van der Waals surface area (Å²) in [7, 11) is 0. The van der Waals surface area contributed by atoms with Gasteiger partial charge >= 0.3 is 0 Å². The Morgan fingerprint density at radius 3 is 1.53 bits per heavy atom. The van der Waals surface area contributed by atoms with Crippen LogP contribution in [0.15, 0.2) is 211 Å². The van der Waals surface area contributed by atoms with Gasteiger partial charge in [-0.2, -0.15) is 9.97 Å². The Bertz CT molecular complexity index is 4140. The Balaban J connectivity index is 1.18. The summed E-state index contributed by atoms with van der Waals surface area (Å²) < 4.78 is 13.4. The van der Waals surface area contributed by atoms with Crippen LogP contribution in [0.5, 0.6) is 0 Å². The molecule has 0 amide bonds. The first-order chi connectivity index (χ1) is 31.8. The van der Waals surface area contributed by atoms with Gasteiger partial charge in [-0.3, -0.25) is 4.57 Å². The van der Waals surface area contributed by atoms with Gasteiger partial charge < -0.3 is 13.6 Å². The van der Waals surface area contributed by atoms with Crippen molar-refractivity contribution in [3.05, 3.63) is 206 Å². The summed E-state index contributed by atoms with van der Waals surface area (Å²) in [4.78, 5) is 16.1. The number of furan rings is 1. The van der Waals surface area contributed by atoms with Crippen molar-refractivity contribution in [3.63, 3.8) is 0 Å². The van der Waals surface area contributed by atoms with Crippen LogP contribution in [-0.2, 0) is 0 Å². The second-order valence-electron chi connectivity index (χ2n) is 16.4. The third-order valence-corrected chi connectivity index (χ3v) is 12.9. The SMILES string of the molecule is c1ccc(-c2nc(-c3ccc4oc5ccccc5c4c3)nc(-n3c4ccccc4c4c3c(-n3c5ccccc5c5ccccc53)cc3c5ccccc5n(-c5ccccc5)c34)n2)cc1. The topological polar surface area (TPSA) is 66.6 Å². The Morgan fingerprint density at radius 1 is 0.328 bits per heavy atom. The van der Waals surface area contributed by atoms with Crippen molar-refractivity contribution in [1.29, 1.82) is 0 Å². The van der Waals surface area contributed by atoms with Crippen LogP contribution in [0.2, 0.25) is 0 Å². The van der Waals surface area contributed by atoms with Gasteiger partial charge in [0.15, 0.2) is 11.6 Å². The lowest BCUT2D eigenvalue weighted by Crippen LogP contribution is -2.08. The highest BCUT2D eigenvalue weighted by Gasteiger charge is 2.27. The fraction of sp³-hybridized carbons (Fsp3) is 0. The van der Waals surface area contributed by atoms with Gasteiger partial charge in [0.1, 0.15) is 11.2 Å². The molecular formula is C57H34N6O. The summed E-state index contributed by atoms with van der Waals surface area (Å²) in [6.45, 7) is 0. The van der Waals surface area contributed by atoms with Gasteiger partial charge in [0.05, 0.1) is 38.8 Å². The van der Waals surface area contributed by atoms with Crippen molar-refractivity contribution in [2.45, 2.75) is 0 Å². The van der Waals surface area contributed by atoms with E-state index < -0.39 is 0 Å². The van der Waals surface area contributed by atoms with E-state index in [1.165, 1.54) is 16.2 Å². The molecule has 7 nitrogen and oxygen atoms in total. The van der Waals surface area contributed by atoms with E-state index in [1.807, 2.05) is 42.5 Å². The maximum Gasteiger partial charge on any atom is 0.238 e. The Labute approximate surface area is 365 Å². The van der Waals surface area contributed by atoms with E-state index in [2.05, 4.69) is 177 Å². The van der Waals surface area contributed by atoms with Crippen LogP contribution in [0.4, 0.5) is 0 Å². The van der Waals surface area contributed by atoms with E-state index >= 15 is 0 Å². The van der Waals surface area contributed by atoms with Gasteiger partial charge in [-0.1, -0.05) is 140 Å². The largest absolute Gasteiger partial charge is 0.456 e. The predicted octanol–water partition coefficient (Wildman–Crippen LogP) is 14.4. The molecule has 0 bridgehead atoms. The Hall–Kier alpha value is -8.81. The fourth-order valence-corrected chi connectivity index (χ4v) is 10.2. The monoisotopic (exact) mass is 818 g/mol. The molecule has 0 fully saturated rings. The van der Waals surface area contributed by atoms with Crippen molar-refractivity contribution in [2.75, 3.05) is 0 Å². The molecule has 298 valence electrons. The van der Waals surface area contributed by atoms with Crippen molar-refractivity contribution in [1.82, 2.24) is 28.7 Å². The molecule has 0 aliphatic heterocycles. The second kappa shape index (κ2) is 13.3. The van der Waals surface area contributed by atoms with Crippen LogP contribution < -0.4 is 0 Å². The molecule has 0 aliphatic carbocycles.